The number of esters is 1. The lowest BCUT2D eigenvalue weighted by molar-refractivity contribution is 0.0515. The number of aryl methyl sites for hydroxylation is 1. The molecule has 0 radical (unpaired) electrons. The number of halogens is 1. The molecule has 0 bridgehead atoms. The topological polar surface area (TPSA) is 72.3 Å². The van der Waals surface area contributed by atoms with Gasteiger partial charge in [-0.25, -0.2) is 14.8 Å². The highest BCUT2D eigenvalue weighted by Gasteiger charge is 2.18. The molecule has 18 heavy (non-hydrogen) atoms. The number of nitrogens with zero attached hydrogens (tertiary/aromatic N) is 2. The zero-order chi connectivity index (χ0) is 13.3. The van der Waals surface area contributed by atoms with Crippen molar-refractivity contribution in [1.82, 2.24) is 9.97 Å². The molecule has 0 saturated heterocycles. The first kappa shape index (κ1) is 12.8. The Kier molecular flexibility index (Phi) is 3.47. The molecule has 5 nitrogen and oxygen atoms in total. The van der Waals surface area contributed by atoms with Gasteiger partial charge in [0.15, 0.2) is 0 Å². The maximum Gasteiger partial charge on any atom is 0.362 e. The molecule has 6 heteroatoms. The van der Waals surface area contributed by atoms with E-state index in [9.17, 15) is 9.90 Å². The van der Waals surface area contributed by atoms with Crippen LogP contribution < -0.4 is 0 Å². The zero-order valence-corrected chi connectivity index (χ0v) is 11.5. The molecule has 1 aromatic heterocycles. The molecule has 0 fully saturated rings. The van der Waals surface area contributed by atoms with Crippen molar-refractivity contribution in [3.05, 3.63) is 27.9 Å². The summed E-state index contributed by atoms with van der Waals surface area (Å²) in [7, 11) is 0. The summed E-state index contributed by atoms with van der Waals surface area (Å²) in [5.41, 5.74) is 1.85. The number of aromatic nitrogens is 2. The van der Waals surface area contributed by atoms with Gasteiger partial charge in [-0.3, -0.25) is 0 Å². The summed E-state index contributed by atoms with van der Waals surface area (Å²) in [6.45, 7) is 3.81. The fourth-order valence-electron chi connectivity index (χ4n) is 1.58. The summed E-state index contributed by atoms with van der Waals surface area (Å²) >= 11 is 3.34. The van der Waals surface area contributed by atoms with Crippen LogP contribution in [0.3, 0.4) is 0 Å². The van der Waals surface area contributed by atoms with Gasteiger partial charge in [-0.15, -0.1) is 0 Å². The molecule has 1 aromatic carbocycles. The van der Waals surface area contributed by atoms with Crippen molar-refractivity contribution in [1.29, 1.82) is 0 Å². The van der Waals surface area contributed by atoms with E-state index >= 15 is 0 Å². The minimum atomic E-state index is -0.679. The van der Waals surface area contributed by atoms with Crippen LogP contribution >= 0.6 is 15.9 Å². The average molecular weight is 311 g/mol. The second-order valence-electron chi connectivity index (χ2n) is 3.73. The quantitative estimate of drug-likeness (QED) is 0.863. The highest BCUT2D eigenvalue weighted by atomic mass is 79.9. The van der Waals surface area contributed by atoms with Crippen molar-refractivity contribution in [2.24, 2.45) is 0 Å². The van der Waals surface area contributed by atoms with E-state index in [-0.39, 0.29) is 12.3 Å². The van der Waals surface area contributed by atoms with E-state index in [1.807, 2.05) is 13.0 Å². The van der Waals surface area contributed by atoms with Gasteiger partial charge in [0, 0.05) is 4.47 Å². The van der Waals surface area contributed by atoms with Crippen LogP contribution in [-0.2, 0) is 4.74 Å². The Morgan fingerprint density at radius 1 is 1.44 bits per heavy atom. The van der Waals surface area contributed by atoms with Gasteiger partial charge in [0.1, 0.15) is 5.52 Å². The highest BCUT2D eigenvalue weighted by molar-refractivity contribution is 9.10. The van der Waals surface area contributed by atoms with Crippen LogP contribution in [0.4, 0.5) is 0 Å². The van der Waals surface area contributed by atoms with Crippen molar-refractivity contribution >= 4 is 32.9 Å². The Labute approximate surface area is 112 Å². The number of fused-ring (bicyclic) bond motifs is 1. The predicted octanol–water partition coefficient (Wildman–Crippen LogP) is 2.58. The van der Waals surface area contributed by atoms with Gasteiger partial charge in [0.05, 0.1) is 12.1 Å². The molecule has 1 N–H and O–H groups in total. The summed E-state index contributed by atoms with van der Waals surface area (Å²) in [4.78, 5) is 19.6. The minimum absolute atomic E-state index is 0.165. The molecule has 0 aliphatic heterocycles. The summed E-state index contributed by atoms with van der Waals surface area (Å²) in [6, 6.07) is 3.65. The van der Waals surface area contributed by atoms with Crippen molar-refractivity contribution in [2.45, 2.75) is 13.8 Å². The van der Waals surface area contributed by atoms with Gasteiger partial charge in [-0.1, -0.05) is 0 Å². The fourth-order valence-corrected chi connectivity index (χ4v) is 2.23. The van der Waals surface area contributed by atoms with Crippen molar-refractivity contribution < 1.29 is 14.6 Å². The third-order valence-electron chi connectivity index (χ3n) is 2.32. The molecule has 0 saturated carbocycles. The largest absolute Gasteiger partial charge is 0.492 e. The SMILES string of the molecule is CCOC(=O)c1nc2cc(C)cc(Br)c2nc1O. The summed E-state index contributed by atoms with van der Waals surface area (Å²) in [6.07, 6.45) is 0. The van der Waals surface area contributed by atoms with Crippen molar-refractivity contribution in [3.8, 4) is 5.88 Å². The number of aromatic hydroxyl groups is 1. The molecule has 0 aliphatic carbocycles. The number of carbonyl (C=O) groups is 1. The summed E-state index contributed by atoms with van der Waals surface area (Å²) < 4.78 is 5.52. The van der Waals surface area contributed by atoms with Crippen LogP contribution in [0, 0.1) is 6.92 Å². The van der Waals surface area contributed by atoms with E-state index in [4.69, 9.17) is 4.74 Å². The third kappa shape index (κ3) is 2.28. The Hall–Kier alpha value is -1.69. The molecule has 0 atom stereocenters. The molecule has 2 aromatic rings. The third-order valence-corrected chi connectivity index (χ3v) is 2.92. The maximum absolute atomic E-state index is 11.6. The Morgan fingerprint density at radius 3 is 2.83 bits per heavy atom. The maximum atomic E-state index is 11.6. The van der Waals surface area contributed by atoms with E-state index in [2.05, 4.69) is 25.9 Å². The molecule has 0 spiro atoms. The normalized spacial score (nSPS) is 10.6. The Morgan fingerprint density at radius 2 is 2.17 bits per heavy atom. The van der Waals surface area contributed by atoms with Crippen LogP contribution in [0.5, 0.6) is 5.88 Å². The molecular formula is C12H11BrN2O3. The molecule has 2 rings (SSSR count). The average Bonchev–Trinajstić information content (AvgIpc) is 2.29. The van der Waals surface area contributed by atoms with Crippen molar-refractivity contribution in [2.75, 3.05) is 6.61 Å². The van der Waals surface area contributed by atoms with Gasteiger partial charge in [-0.05, 0) is 47.5 Å². The first-order chi connectivity index (χ1) is 8.52. The minimum Gasteiger partial charge on any atom is -0.492 e. The monoisotopic (exact) mass is 310 g/mol. The lowest BCUT2D eigenvalue weighted by atomic mass is 10.2. The van der Waals surface area contributed by atoms with Crippen molar-refractivity contribution in [3.63, 3.8) is 0 Å². The van der Waals surface area contributed by atoms with E-state index in [0.717, 1.165) is 10.0 Å². The van der Waals surface area contributed by atoms with Crippen LogP contribution in [-0.4, -0.2) is 27.7 Å². The molecule has 0 unspecified atom stereocenters. The zero-order valence-electron chi connectivity index (χ0n) is 9.90. The number of carbonyl (C=O) groups excluding carboxylic acids is 1. The number of ether oxygens (including phenoxy) is 1. The first-order valence-corrected chi connectivity index (χ1v) is 6.16. The van der Waals surface area contributed by atoms with Gasteiger partial charge in [-0.2, -0.15) is 0 Å². The van der Waals surface area contributed by atoms with Gasteiger partial charge in [0.25, 0.3) is 0 Å². The summed E-state index contributed by atoms with van der Waals surface area (Å²) in [5, 5.41) is 9.70. The number of hydrogen-bond donors (Lipinski definition) is 1. The van der Waals surface area contributed by atoms with E-state index in [0.29, 0.717) is 11.0 Å². The lowest BCUT2D eigenvalue weighted by Gasteiger charge is -2.06. The first-order valence-electron chi connectivity index (χ1n) is 5.37. The molecule has 0 amide bonds. The predicted molar refractivity (Wildman–Crippen MR) is 69.6 cm³/mol. The molecule has 1 heterocycles. The van der Waals surface area contributed by atoms with E-state index in [1.54, 1.807) is 13.0 Å². The van der Waals surface area contributed by atoms with E-state index < -0.39 is 11.8 Å². The lowest BCUT2D eigenvalue weighted by Crippen LogP contribution is -2.08. The molecule has 0 aliphatic rings. The number of benzene rings is 1. The van der Waals surface area contributed by atoms with E-state index in [1.165, 1.54) is 0 Å². The smallest absolute Gasteiger partial charge is 0.362 e. The molecular weight excluding hydrogens is 300 g/mol. The Bertz CT molecular complexity index is 628. The molecule has 94 valence electrons. The van der Waals surface area contributed by atoms with Crippen LogP contribution in [0.25, 0.3) is 11.0 Å². The van der Waals surface area contributed by atoms with Gasteiger partial charge < -0.3 is 9.84 Å². The second kappa shape index (κ2) is 4.89. The second-order valence-corrected chi connectivity index (χ2v) is 4.59. The Balaban J connectivity index is 2.64. The number of hydrogen-bond acceptors (Lipinski definition) is 5. The van der Waals surface area contributed by atoms with Crippen LogP contribution in [0.15, 0.2) is 16.6 Å². The highest BCUT2D eigenvalue weighted by Crippen LogP contribution is 2.26. The standard InChI is InChI=1S/C12H11BrN2O3/c1-3-18-12(17)10-11(16)15-9-7(13)4-6(2)5-8(9)14-10/h4-5H,3H2,1-2H3,(H,15,16). The van der Waals surface area contributed by atoms with Crippen LogP contribution in [0.2, 0.25) is 0 Å². The van der Waals surface area contributed by atoms with Gasteiger partial charge >= 0.3 is 5.97 Å². The van der Waals surface area contributed by atoms with Crippen LogP contribution in [0.1, 0.15) is 23.0 Å². The van der Waals surface area contributed by atoms with Gasteiger partial charge in [0.2, 0.25) is 11.6 Å². The number of rotatable bonds is 2. The fraction of sp³-hybridized carbons (Fsp3) is 0.250. The summed E-state index contributed by atoms with van der Waals surface area (Å²) in [5.74, 6) is -1.10.